The van der Waals surface area contributed by atoms with Crippen LogP contribution in [0.2, 0.25) is 0 Å². The Balaban J connectivity index is 1.47. The Kier molecular flexibility index (Phi) is 7.12. The van der Waals surface area contributed by atoms with Gasteiger partial charge >= 0.3 is 0 Å². The molecule has 40 heavy (non-hydrogen) atoms. The summed E-state index contributed by atoms with van der Waals surface area (Å²) in [6.45, 7) is 8.67. The number of fused-ring (bicyclic) bond motifs is 1. The summed E-state index contributed by atoms with van der Waals surface area (Å²) in [4.78, 5) is 35.0. The number of aromatic nitrogens is 6. The second kappa shape index (κ2) is 10.7. The van der Waals surface area contributed by atoms with E-state index in [1.807, 2.05) is 30.7 Å². The smallest absolute Gasteiger partial charge is 0.284 e. The summed E-state index contributed by atoms with van der Waals surface area (Å²) in [5.41, 5.74) is 8.98. The molecule has 204 valence electrons. The summed E-state index contributed by atoms with van der Waals surface area (Å²) in [5.74, 6) is -0.388. The van der Waals surface area contributed by atoms with E-state index in [9.17, 15) is 14.0 Å². The molecule has 0 spiro atoms. The summed E-state index contributed by atoms with van der Waals surface area (Å²) >= 11 is 0. The van der Waals surface area contributed by atoms with Crippen molar-refractivity contribution in [3.63, 3.8) is 0 Å². The van der Waals surface area contributed by atoms with Gasteiger partial charge < -0.3 is 11.1 Å². The van der Waals surface area contributed by atoms with Crippen LogP contribution in [0.4, 0.5) is 15.9 Å². The van der Waals surface area contributed by atoms with Crippen LogP contribution in [0.15, 0.2) is 65.7 Å². The van der Waals surface area contributed by atoms with E-state index in [2.05, 4.69) is 34.2 Å². The number of nitrogen functional groups attached to an aromatic ring is 1. The molecular weight excluding hydrogens is 511 g/mol. The minimum Gasteiger partial charge on any atom is -0.383 e. The number of hydrogen-bond donors (Lipinski definition) is 2. The molecule has 3 heterocycles. The van der Waals surface area contributed by atoms with Gasteiger partial charge in [0.2, 0.25) is 0 Å². The monoisotopic (exact) mass is 540 g/mol. The minimum absolute atomic E-state index is 0.0557. The largest absolute Gasteiger partial charge is 0.383 e. The highest BCUT2D eigenvalue weighted by atomic mass is 19.1. The molecule has 0 saturated carbocycles. The molecule has 0 saturated heterocycles. The van der Waals surface area contributed by atoms with Crippen LogP contribution in [0.25, 0.3) is 28.0 Å². The molecule has 0 bridgehead atoms. The van der Waals surface area contributed by atoms with E-state index < -0.39 is 17.3 Å². The molecule has 0 atom stereocenters. The maximum atomic E-state index is 13.5. The number of nitrogens with two attached hydrogens (primary N) is 1. The van der Waals surface area contributed by atoms with Gasteiger partial charge in [-0.25, -0.2) is 19.0 Å². The van der Waals surface area contributed by atoms with Crippen LogP contribution < -0.4 is 16.6 Å². The zero-order chi connectivity index (χ0) is 28.6. The summed E-state index contributed by atoms with van der Waals surface area (Å²) in [5, 5.41) is 12.6. The van der Waals surface area contributed by atoms with Crippen molar-refractivity contribution in [1.82, 2.24) is 29.5 Å². The molecule has 11 heteroatoms. The standard InChI is InChI=1S/C29H29FN8O2/c1-16(2)14-37-27-24(26(31)32-15-33-27)25(36-37)18-5-9-20(10-6-18)34-28(39)22-13-23(17(3)4)35-38(29(22)40)21-11-7-19(30)8-12-21/h5-13,15-17H,14H2,1-4H3,(H,34,39)(H2,31,32,33). The number of hydrogen-bond acceptors (Lipinski definition) is 7. The van der Waals surface area contributed by atoms with Crippen LogP contribution in [0, 0.1) is 11.7 Å². The lowest BCUT2D eigenvalue weighted by molar-refractivity contribution is 0.102. The van der Waals surface area contributed by atoms with E-state index in [-0.39, 0.29) is 11.5 Å². The third-order valence-electron chi connectivity index (χ3n) is 6.35. The van der Waals surface area contributed by atoms with E-state index in [0.717, 1.165) is 10.2 Å². The molecule has 0 aliphatic heterocycles. The first-order chi connectivity index (χ1) is 19.1. The molecule has 0 fully saturated rings. The van der Waals surface area contributed by atoms with Crippen molar-refractivity contribution in [3.8, 4) is 16.9 Å². The third kappa shape index (κ3) is 5.18. The molecule has 3 N–H and O–H groups in total. The number of anilines is 2. The third-order valence-corrected chi connectivity index (χ3v) is 6.35. The maximum Gasteiger partial charge on any atom is 0.284 e. The van der Waals surface area contributed by atoms with E-state index in [4.69, 9.17) is 10.8 Å². The highest BCUT2D eigenvalue weighted by Gasteiger charge is 2.20. The Morgan fingerprint density at radius 2 is 1.70 bits per heavy atom. The number of nitrogens with zero attached hydrogens (tertiary/aromatic N) is 6. The molecule has 3 aromatic heterocycles. The first-order valence-corrected chi connectivity index (χ1v) is 12.9. The number of halogens is 1. The molecule has 0 unspecified atom stereocenters. The van der Waals surface area contributed by atoms with Gasteiger partial charge in [0.15, 0.2) is 5.65 Å². The van der Waals surface area contributed by atoms with Gasteiger partial charge in [0.05, 0.1) is 16.8 Å². The molecule has 10 nitrogen and oxygen atoms in total. The number of rotatable bonds is 7. The lowest BCUT2D eigenvalue weighted by atomic mass is 10.1. The van der Waals surface area contributed by atoms with Crippen molar-refractivity contribution < 1.29 is 9.18 Å². The average Bonchev–Trinajstić information content (AvgIpc) is 3.28. The fraction of sp³-hybridized carbons (Fsp3) is 0.241. The quantitative estimate of drug-likeness (QED) is 0.303. The summed E-state index contributed by atoms with van der Waals surface area (Å²) in [6, 6.07) is 13.9. The fourth-order valence-corrected chi connectivity index (χ4v) is 4.33. The molecule has 1 amide bonds. The summed E-state index contributed by atoms with van der Waals surface area (Å²) < 4.78 is 16.4. The average molecular weight is 541 g/mol. The topological polar surface area (TPSA) is 134 Å². The van der Waals surface area contributed by atoms with E-state index in [0.29, 0.717) is 52.1 Å². The van der Waals surface area contributed by atoms with Gasteiger partial charge in [0, 0.05) is 17.8 Å². The first-order valence-electron chi connectivity index (χ1n) is 12.9. The molecule has 0 aliphatic carbocycles. The normalized spacial score (nSPS) is 11.5. The number of carbonyl (C=O) groups excluding carboxylic acids is 1. The van der Waals surface area contributed by atoms with Gasteiger partial charge in [-0.1, -0.05) is 39.8 Å². The molecular formula is C29H29FN8O2. The molecule has 5 aromatic rings. The van der Waals surface area contributed by atoms with E-state index in [1.54, 1.807) is 12.1 Å². The van der Waals surface area contributed by atoms with Crippen molar-refractivity contribution >= 4 is 28.4 Å². The van der Waals surface area contributed by atoms with Gasteiger partial charge in [0.1, 0.15) is 29.2 Å². The Morgan fingerprint density at radius 3 is 2.35 bits per heavy atom. The zero-order valence-corrected chi connectivity index (χ0v) is 22.6. The van der Waals surface area contributed by atoms with Gasteiger partial charge in [0.25, 0.3) is 11.5 Å². The van der Waals surface area contributed by atoms with Crippen molar-refractivity contribution in [2.75, 3.05) is 11.1 Å². The molecule has 0 aliphatic rings. The van der Waals surface area contributed by atoms with Gasteiger partial charge in [-0.3, -0.25) is 9.59 Å². The number of nitrogens with one attached hydrogen (secondary N) is 1. The summed E-state index contributed by atoms with van der Waals surface area (Å²) in [7, 11) is 0. The first kappa shape index (κ1) is 26.7. The van der Waals surface area contributed by atoms with Crippen molar-refractivity contribution in [2.24, 2.45) is 5.92 Å². The SMILES string of the molecule is CC(C)Cn1nc(-c2ccc(NC(=O)c3cc(C(C)C)nn(-c4ccc(F)cc4)c3=O)cc2)c2c(N)ncnc21. The number of amides is 1. The zero-order valence-electron chi connectivity index (χ0n) is 22.6. The van der Waals surface area contributed by atoms with Crippen LogP contribution in [-0.4, -0.2) is 35.4 Å². The van der Waals surface area contributed by atoms with Crippen LogP contribution in [-0.2, 0) is 6.54 Å². The molecule has 2 aromatic carbocycles. The van der Waals surface area contributed by atoms with E-state index in [1.165, 1.54) is 36.7 Å². The van der Waals surface area contributed by atoms with Crippen LogP contribution >= 0.6 is 0 Å². The lowest BCUT2D eigenvalue weighted by Crippen LogP contribution is -2.31. The Morgan fingerprint density at radius 1 is 1.00 bits per heavy atom. The maximum absolute atomic E-state index is 13.5. The lowest BCUT2D eigenvalue weighted by Gasteiger charge is -2.13. The van der Waals surface area contributed by atoms with Gasteiger partial charge in [-0.15, -0.1) is 0 Å². The second-order valence-corrected chi connectivity index (χ2v) is 10.2. The molecule has 5 rings (SSSR count). The van der Waals surface area contributed by atoms with E-state index >= 15 is 0 Å². The number of benzene rings is 2. The minimum atomic E-state index is -0.609. The second-order valence-electron chi connectivity index (χ2n) is 10.2. The predicted octanol–water partition coefficient (Wildman–Crippen LogP) is 4.79. The van der Waals surface area contributed by atoms with Crippen LogP contribution in [0.3, 0.4) is 0 Å². The highest BCUT2D eigenvalue weighted by Crippen LogP contribution is 2.31. The molecule has 0 radical (unpaired) electrons. The van der Waals surface area contributed by atoms with Crippen LogP contribution in [0.1, 0.15) is 49.7 Å². The van der Waals surface area contributed by atoms with Crippen molar-refractivity contribution in [1.29, 1.82) is 0 Å². The Bertz CT molecular complexity index is 1760. The number of carbonyl (C=O) groups is 1. The Hall–Kier alpha value is -4.93. The summed E-state index contributed by atoms with van der Waals surface area (Å²) in [6.07, 6.45) is 1.42. The highest BCUT2D eigenvalue weighted by molar-refractivity contribution is 6.04. The van der Waals surface area contributed by atoms with Gasteiger partial charge in [-0.05, 0) is 54.3 Å². The van der Waals surface area contributed by atoms with Crippen molar-refractivity contribution in [2.45, 2.75) is 40.2 Å². The van der Waals surface area contributed by atoms with Crippen molar-refractivity contribution in [3.05, 3.63) is 88.4 Å². The Labute approximate surface area is 229 Å². The predicted molar refractivity (Wildman–Crippen MR) is 152 cm³/mol. The van der Waals surface area contributed by atoms with Crippen LogP contribution in [0.5, 0.6) is 0 Å². The fourth-order valence-electron chi connectivity index (χ4n) is 4.33. The van der Waals surface area contributed by atoms with Gasteiger partial charge in [-0.2, -0.15) is 14.9 Å².